The molecule has 0 saturated heterocycles. The highest BCUT2D eigenvalue weighted by atomic mass is 16.5. The number of nitrogens with zero attached hydrogens (tertiary/aromatic N) is 2. The van der Waals surface area contributed by atoms with Gasteiger partial charge in [-0.15, -0.1) is 5.10 Å². The minimum absolute atomic E-state index is 0.0872. The molecule has 0 saturated carbocycles. The number of anilines is 1. The quantitative estimate of drug-likeness (QED) is 0.776. The number of aromatic amines is 1. The fraction of sp³-hybridized carbons (Fsp3) is 0.278. The molecule has 2 aliphatic rings. The lowest BCUT2D eigenvalue weighted by Crippen LogP contribution is -2.43. The second kappa shape index (κ2) is 5.11. The molecule has 4 N–H and O–H groups in total. The molecule has 25 heavy (non-hydrogen) atoms. The Morgan fingerprint density at radius 1 is 1.40 bits per heavy atom. The number of aryl methyl sites for hydroxylation is 2. The number of benzene rings is 1. The molecule has 0 aliphatic carbocycles. The van der Waals surface area contributed by atoms with Crippen molar-refractivity contribution in [1.29, 1.82) is 5.26 Å². The third-order valence-electron chi connectivity index (χ3n) is 4.86. The van der Waals surface area contributed by atoms with E-state index in [-0.39, 0.29) is 23.2 Å². The van der Waals surface area contributed by atoms with Gasteiger partial charge >= 0.3 is 0 Å². The molecule has 0 fully saturated rings. The molecular weight excluding hydrogens is 318 g/mol. The van der Waals surface area contributed by atoms with E-state index in [1.165, 1.54) is 0 Å². The molecule has 0 bridgehead atoms. The van der Waals surface area contributed by atoms with Gasteiger partial charge in [-0.25, -0.2) is 0 Å². The first-order valence-electron chi connectivity index (χ1n) is 8.13. The molecule has 2 aliphatic heterocycles. The Morgan fingerprint density at radius 2 is 2.20 bits per heavy atom. The second-order valence-electron chi connectivity index (χ2n) is 6.29. The van der Waals surface area contributed by atoms with Crippen LogP contribution in [0.5, 0.6) is 5.88 Å². The van der Waals surface area contributed by atoms with Crippen LogP contribution in [0.1, 0.15) is 35.7 Å². The van der Waals surface area contributed by atoms with Crippen LogP contribution in [0, 0.1) is 18.3 Å². The molecule has 126 valence electrons. The number of aromatic nitrogens is 2. The predicted molar refractivity (Wildman–Crippen MR) is 90.6 cm³/mol. The van der Waals surface area contributed by atoms with Crippen molar-refractivity contribution < 1.29 is 9.53 Å². The summed E-state index contributed by atoms with van der Waals surface area (Å²) in [5, 5.41) is 19.9. The first kappa shape index (κ1) is 15.3. The van der Waals surface area contributed by atoms with Gasteiger partial charge in [-0.1, -0.05) is 25.5 Å². The van der Waals surface area contributed by atoms with E-state index in [0.717, 1.165) is 23.2 Å². The Labute approximate surface area is 144 Å². The molecule has 2 aromatic rings. The molecule has 7 heteroatoms. The Balaban J connectivity index is 2.16. The van der Waals surface area contributed by atoms with Gasteiger partial charge in [-0.05, 0) is 25.0 Å². The number of amides is 1. The van der Waals surface area contributed by atoms with E-state index >= 15 is 0 Å². The molecule has 1 amide bonds. The van der Waals surface area contributed by atoms with Crippen LogP contribution in [-0.4, -0.2) is 16.1 Å². The zero-order chi connectivity index (χ0) is 17.8. The summed E-state index contributed by atoms with van der Waals surface area (Å²) in [4.78, 5) is 13.2. The third kappa shape index (κ3) is 1.74. The molecule has 1 atom stereocenters. The Morgan fingerprint density at radius 3 is 2.92 bits per heavy atom. The van der Waals surface area contributed by atoms with E-state index in [4.69, 9.17) is 10.5 Å². The molecule has 3 heterocycles. The molecule has 4 rings (SSSR count). The summed E-state index contributed by atoms with van der Waals surface area (Å²) in [6, 6.07) is 7.73. The topological polar surface area (TPSA) is 117 Å². The summed E-state index contributed by atoms with van der Waals surface area (Å²) < 4.78 is 5.56. The number of nitrogens with two attached hydrogens (primary N) is 1. The van der Waals surface area contributed by atoms with Crippen molar-refractivity contribution in [1.82, 2.24) is 10.2 Å². The van der Waals surface area contributed by atoms with E-state index in [0.29, 0.717) is 17.7 Å². The van der Waals surface area contributed by atoms with Crippen LogP contribution < -0.4 is 15.8 Å². The number of carbonyl (C=O) groups excluding carboxylic acids is 1. The van der Waals surface area contributed by atoms with Crippen LogP contribution in [0.4, 0.5) is 5.69 Å². The summed E-state index contributed by atoms with van der Waals surface area (Å²) in [7, 11) is 0. The maximum Gasteiger partial charge on any atom is 0.245 e. The average Bonchev–Trinajstić information content (AvgIpc) is 3.09. The fourth-order valence-corrected chi connectivity index (χ4v) is 3.93. The van der Waals surface area contributed by atoms with E-state index in [9.17, 15) is 10.1 Å². The number of H-pyrrole nitrogens is 1. The molecular formula is C18H17N5O2. The number of rotatable bonds is 2. The summed E-state index contributed by atoms with van der Waals surface area (Å²) in [6.07, 6.45) is 1.54. The highest BCUT2D eigenvalue weighted by molar-refractivity contribution is 6.13. The van der Waals surface area contributed by atoms with Crippen LogP contribution in [-0.2, 0) is 16.6 Å². The number of ether oxygens (including phenoxy) is 1. The number of nitrogens with one attached hydrogen (secondary N) is 2. The van der Waals surface area contributed by atoms with E-state index in [1.54, 1.807) is 0 Å². The minimum Gasteiger partial charge on any atom is -0.420 e. The van der Waals surface area contributed by atoms with Gasteiger partial charge in [0.05, 0.1) is 5.56 Å². The molecule has 1 aromatic carbocycles. The highest BCUT2D eigenvalue weighted by Crippen LogP contribution is 2.54. The van der Waals surface area contributed by atoms with Gasteiger partial charge in [0.2, 0.25) is 17.7 Å². The number of carbonyl (C=O) groups is 1. The van der Waals surface area contributed by atoms with Gasteiger partial charge in [-0.3, -0.25) is 9.89 Å². The van der Waals surface area contributed by atoms with Gasteiger partial charge in [0.15, 0.2) is 0 Å². The monoisotopic (exact) mass is 335 g/mol. The van der Waals surface area contributed by atoms with Crippen LogP contribution >= 0.6 is 0 Å². The zero-order valence-corrected chi connectivity index (χ0v) is 13.9. The third-order valence-corrected chi connectivity index (χ3v) is 4.86. The summed E-state index contributed by atoms with van der Waals surface area (Å²) >= 11 is 0. The first-order chi connectivity index (χ1) is 12.1. The summed E-state index contributed by atoms with van der Waals surface area (Å²) in [5.41, 5.74) is 8.47. The maximum atomic E-state index is 13.2. The highest BCUT2D eigenvalue weighted by Gasteiger charge is 2.59. The van der Waals surface area contributed by atoms with Gasteiger partial charge < -0.3 is 15.8 Å². The van der Waals surface area contributed by atoms with E-state index in [2.05, 4.69) is 21.6 Å². The Bertz CT molecular complexity index is 982. The Hall–Kier alpha value is -3.27. The van der Waals surface area contributed by atoms with Crippen molar-refractivity contribution in [3.05, 3.63) is 52.0 Å². The molecule has 0 unspecified atom stereocenters. The van der Waals surface area contributed by atoms with Crippen molar-refractivity contribution in [2.75, 3.05) is 5.32 Å². The SMILES string of the molecule is CCCc1[nH]nc2c1[C@]1(C(=O)Nc3cccc(C)c31)C(C#N)=C(N)O2. The average molecular weight is 335 g/mol. The first-order valence-corrected chi connectivity index (χ1v) is 8.13. The summed E-state index contributed by atoms with van der Waals surface area (Å²) in [5.74, 6) is -0.137. The minimum atomic E-state index is -1.33. The summed E-state index contributed by atoms with van der Waals surface area (Å²) in [6.45, 7) is 3.95. The number of fused-ring (bicyclic) bond motifs is 4. The second-order valence-corrected chi connectivity index (χ2v) is 6.29. The van der Waals surface area contributed by atoms with Crippen molar-refractivity contribution >= 4 is 11.6 Å². The van der Waals surface area contributed by atoms with Crippen molar-refractivity contribution in [3.63, 3.8) is 0 Å². The van der Waals surface area contributed by atoms with E-state index < -0.39 is 5.41 Å². The number of hydrogen-bond donors (Lipinski definition) is 3. The van der Waals surface area contributed by atoms with Crippen LogP contribution in [0.3, 0.4) is 0 Å². The molecule has 1 spiro atoms. The van der Waals surface area contributed by atoms with Crippen molar-refractivity contribution in [2.24, 2.45) is 5.73 Å². The largest absolute Gasteiger partial charge is 0.420 e. The number of nitriles is 1. The van der Waals surface area contributed by atoms with Crippen molar-refractivity contribution in [2.45, 2.75) is 32.1 Å². The molecule has 1 aromatic heterocycles. The van der Waals surface area contributed by atoms with Crippen LogP contribution in [0.25, 0.3) is 0 Å². The normalized spacial score (nSPS) is 20.8. The van der Waals surface area contributed by atoms with Gasteiger partial charge in [0.25, 0.3) is 0 Å². The van der Waals surface area contributed by atoms with Gasteiger partial charge in [-0.2, -0.15) is 5.26 Å². The zero-order valence-electron chi connectivity index (χ0n) is 13.9. The van der Waals surface area contributed by atoms with Crippen LogP contribution in [0.15, 0.2) is 29.7 Å². The fourth-order valence-electron chi connectivity index (χ4n) is 3.93. The predicted octanol–water partition coefficient (Wildman–Crippen LogP) is 2.00. The molecule has 0 radical (unpaired) electrons. The smallest absolute Gasteiger partial charge is 0.245 e. The van der Waals surface area contributed by atoms with Crippen LogP contribution in [0.2, 0.25) is 0 Å². The standard InChI is InChI=1S/C18H17N5O2/c1-3-5-12-14-16(23-22-12)25-15(20)10(8-19)18(14)13-9(2)6-4-7-11(13)21-17(18)24/h4,6-7H,3,5,20H2,1-2H3,(H,21,24)(H,22,23)/t18-/m0/s1. The van der Waals surface area contributed by atoms with E-state index in [1.807, 2.05) is 32.0 Å². The molecule has 7 nitrogen and oxygen atoms in total. The Kier molecular flexibility index (Phi) is 3.12. The number of hydrogen-bond acceptors (Lipinski definition) is 5. The lowest BCUT2D eigenvalue weighted by molar-refractivity contribution is -0.118. The lowest BCUT2D eigenvalue weighted by Gasteiger charge is -2.32. The van der Waals surface area contributed by atoms with Gasteiger partial charge in [0, 0.05) is 16.9 Å². The van der Waals surface area contributed by atoms with Gasteiger partial charge in [0.1, 0.15) is 17.1 Å². The van der Waals surface area contributed by atoms with Crippen molar-refractivity contribution in [3.8, 4) is 11.9 Å². The lowest BCUT2D eigenvalue weighted by atomic mass is 9.67. The maximum absolute atomic E-state index is 13.2.